The zero-order valence-corrected chi connectivity index (χ0v) is 14.7. The summed E-state index contributed by atoms with van der Waals surface area (Å²) in [7, 11) is 0. The molecule has 2 heterocycles. The van der Waals surface area contributed by atoms with Crippen LogP contribution in [0.15, 0.2) is 46.9 Å². The molecule has 0 unspecified atom stereocenters. The lowest BCUT2D eigenvalue weighted by Crippen LogP contribution is -2.41. The molecule has 1 saturated heterocycles. The second-order valence-electron chi connectivity index (χ2n) is 6.61. The van der Waals surface area contributed by atoms with Gasteiger partial charge in [0.1, 0.15) is 11.3 Å². The zero-order valence-electron chi connectivity index (χ0n) is 14.7. The van der Waals surface area contributed by atoms with Crippen molar-refractivity contribution in [1.82, 2.24) is 15.2 Å². The van der Waals surface area contributed by atoms with Crippen LogP contribution in [0.4, 0.5) is 4.39 Å². The molecule has 2 aromatic carbocycles. The third-order valence-corrected chi connectivity index (χ3v) is 4.67. The largest absolute Gasteiger partial charge is 0.436 e. The zero-order chi connectivity index (χ0) is 19.0. The van der Waals surface area contributed by atoms with Crippen molar-refractivity contribution in [2.24, 2.45) is 0 Å². The molecule has 4 rings (SSSR count). The minimum Gasteiger partial charge on any atom is -0.436 e. The van der Waals surface area contributed by atoms with Gasteiger partial charge in [-0.2, -0.15) is 0 Å². The lowest BCUT2D eigenvalue weighted by molar-refractivity contribution is -0.120. The van der Waals surface area contributed by atoms with E-state index in [1.807, 2.05) is 6.92 Å². The fourth-order valence-corrected chi connectivity index (χ4v) is 3.18. The summed E-state index contributed by atoms with van der Waals surface area (Å²) in [4.78, 5) is 30.6. The highest BCUT2D eigenvalue weighted by Crippen LogP contribution is 2.26. The standard InChI is InChI=1S/C20H18FN3O3/c1-12-11-22-18(25)7-8-24(12)20(26)14-5-6-17-16(10-14)23-19(27-17)13-3-2-4-15(21)9-13/h2-6,9-10,12H,7-8,11H2,1H3,(H,22,25)/t12-/m1/s1. The average molecular weight is 367 g/mol. The molecule has 0 spiro atoms. The Hall–Kier alpha value is -3.22. The molecule has 27 heavy (non-hydrogen) atoms. The van der Waals surface area contributed by atoms with E-state index in [1.165, 1.54) is 12.1 Å². The average Bonchev–Trinajstić information content (AvgIpc) is 3.02. The predicted molar refractivity (Wildman–Crippen MR) is 97.5 cm³/mol. The molecule has 0 bridgehead atoms. The fraction of sp³-hybridized carbons (Fsp3) is 0.250. The highest BCUT2D eigenvalue weighted by Gasteiger charge is 2.26. The Kier molecular flexibility index (Phi) is 4.35. The van der Waals surface area contributed by atoms with Gasteiger partial charge in [-0.15, -0.1) is 0 Å². The van der Waals surface area contributed by atoms with Crippen LogP contribution in [0.1, 0.15) is 23.7 Å². The molecule has 7 heteroatoms. The van der Waals surface area contributed by atoms with E-state index < -0.39 is 0 Å². The van der Waals surface area contributed by atoms with E-state index in [0.717, 1.165) is 0 Å². The van der Waals surface area contributed by atoms with Gasteiger partial charge < -0.3 is 14.6 Å². The van der Waals surface area contributed by atoms with E-state index in [2.05, 4.69) is 10.3 Å². The van der Waals surface area contributed by atoms with Crippen molar-refractivity contribution in [3.63, 3.8) is 0 Å². The Morgan fingerprint density at radius 1 is 1.30 bits per heavy atom. The summed E-state index contributed by atoms with van der Waals surface area (Å²) in [5, 5.41) is 2.80. The molecule has 6 nitrogen and oxygen atoms in total. The number of hydrogen-bond acceptors (Lipinski definition) is 4. The van der Waals surface area contributed by atoms with E-state index in [-0.39, 0.29) is 30.1 Å². The number of oxazole rings is 1. The normalized spacial score (nSPS) is 17.6. The summed E-state index contributed by atoms with van der Waals surface area (Å²) in [6, 6.07) is 10.9. The van der Waals surface area contributed by atoms with Gasteiger partial charge in [0.15, 0.2) is 5.58 Å². The maximum absolute atomic E-state index is 13.4. The van der Waals surface area contributed by atoms with Crippen LogP contribution < -0.4 is 5.32 Å². The number of amides is 2. The van der Waals surface area contributed by atoms with E-state index in [0.29, 0.717) is 41.2 Å². The molecule has 2 amide bonds. The molecule has 1 aliphatic rings. The Labute approximate surface area is 155 Å². The Bertz CT molecular complexity index is 1030. The van der Waals surface area contributed by atoms with Gasteiger partial charge in [-0.05, 0) is 43.3 Å². The van der Waals surface area contributed by atoms with Gasteiger partial charge in [0, 0.05) is 36.7 Å². The van der Waals surface area contributed by atoms with Crippen LogP contribution in [0.5, 0.6) is 0 Å². The summed E-state index contributed by atoms with van der Waals surface area (Å²) in [6.45, 7) is 2.71. The summed E-state index contributed by atoms with van der Waals surface area (Å²) in [6.07, 6.45) is 0.284. The van der Waals surface area contributed by atoms with Gasteiger partial charge in [0.2, 0.25) is 11.8 Å². The molecular weight excluding hydrogens is 349 g/mol. The number of aromatic nitrogens is 1. The molecule has 1 aliphatic heterocycles. The highest BCUT2D eigenvalue weighted by atomic mass is 19.1. The first-order chi connectivity index (χ1) is 13.0. The quantitative estimate of drug-likeness (QED) is 0.756. The number of fused-ring (bicyclic) bond motifs is 1. The molecule has 138 valence electrons. The van der Waals surface area contributed by atoms with Crippen molar-refractivity contribution in [1.29, 1.82) is 0 Å². The third kappa shape index (κ3) is 3.40. The van der Waals surface area contributed by atoms with Crippen molar-refractivity contribution in [2.45, 2.75) is 19.4 Å². The van der Waals surface area contributed by atoms with Crippen molar-refractivity contribution in [2.75, 3.05) is 13.1 Å². The maximum Gasteiger partial charge on any atom is 0.254 e. The topological polar surface area (TPSA) is 75.4 Å². The summed E-state index contributed by atoms with van der Waals surface area (Å²) >= 11 is 0. The molecule has 1 fully saturated rings. The molecule has 1 N–H and O–H groups in total. The van der Waals surface area contributed by atoms with E-state index in [9.17, 15) is 14.0 Å². The second kappa shape index (κ2) is 6.83. The first-order valence-electron chi connectivity index (χ1n) is 8.75. The fourth-order valence-electron chi connectivity index (χ4n) is 3.18. The highest BCUT2D eigenvalue weighted by molar-refractivity contribution is 5.98. The molecule has 0 saturated carbocycles. The molecule has 3 aromatic rings. The van der Waals surface area contributed by atoms with Gasteiger partial charge in [0.25, 0.3) is 5.91 Å². The number of rotatable bonds is 2. The van der Waals surface area contributed by atoms with Crippen molar-refractivity contribution in [3.05, 3.63) is 53.8 Å². The summed E-state index contributed by atoms with van der Waals surface area (Å²) in [5.41, 5.74) is 2.05. The summed E-state index contributed by atoms with van der Waals surface area (Å²) < 4.78 is 19.1. The monoisotopic (exact) mass is 367 g/mol. The van der Waals surface area contributed by atoms with Crippen LogP contribution in [0.2, 0.25) is 0 Å². The van der Waals surface area contributed by atoms with Gasteiger partial charge >= 0.3 is 0 Å². The maximum atomic E-state index is 13.4. The van der Waals surface area contributed by atoms with Gasteiger partial charge in [-0.25, -0.2) is 9.37 Å². The minimum absolute atomic E-state index is 0.0520. The first kappa shape index (κ1) is 17.2. The van der Waals surface area contributed by atoms with Crippen LogP contribution >= 0.6 is 0 Å². The van der Waals surface area contributed by atoms with E-state index in [4.69, 9.17) is 4.42 Å². The lowest BCUT2D eigenvalue weighted by Gasteiger charge is -2.26. The van der Waals surface area contributed by atoms with Crippen LogP contribution in [-0.2, 0) is 4.79 Å². The Morgan fingerprint density at radius 3 is 2.96 bits per heavy atom. The Morgan fingerprint density at radius 2 is 2.15 bits per heavy atom. The van der Waals surface area contributed by atoms with Gasteiger partial charge in [0.05, 0.1) is 0 Å². The van der Waals surface area contributed by atoms with Crippen LogP contribution in [-0.4, -0.2) is 40.8 Å². The van der Waals surface area contributed by atoms with Crippen LogP contribution in [0.25, 0.3) is 22.6 Å². The number of carbonyl (C=O) groups excluding carboxylic acids is 2. The summed E-state index contributed by atoms with van der Waals surface area (Å²) in [5.74, 6) is -0.281. The minimum atomic E-state index is -0.371. The first-order valence-corrected chi connectivity index (χ1v) is 8.75. The molecule has 0 radical (unpaired) electrons. The lowest BCUT2D eigenvalue weighted by atomic mass is 10.1. The molecular formula is C20H18FN3O3. The number of benzene rings is 2. The van der Waals surface area contributed by atoms with Crippen molar-refractivity contribution in [3.8, 4) is 11.5 Å². The molecule has 1 aromatic heterocycles. The number of hydrogen-bond donors (Lipinski definition) is 1. The number of halogens is 1. The smallest absolute Gasteiger partial charge is 0.254 e. The van der Waals surface area contributed by atoms with Crippen molar-refractivity contribution < 1.29 is 18.4 Å². The van der Waals surface area contributed by atoms with Gasteiger partial charge in [-0.1, -0.05) is 6.07 Å². The SMILES string of the molecule is C[C@@H]1CNC(=O)CCN1C(=O)c1ccc2oc(-c3cccc(F)c3)nc2c1. The van der Waals surface area contributed by atoms with Crippen molar-refractivity contribution >= 4 is 22.9 Å². The second-order valence-corrected chi connectivity index (χ2v) is 6.61. The third-order valence-electron chi connectivity index (χ3n) is 4.67. The van der Waals surface area contributed by atoms with E-state index >= 15 is 0 Å². The number of carbonyl (C=O) groups is 2. The molecule has 0 aliphatic carbocycles. The number of nitrogens with zero attached hydrogens (tertiary/aromatic N) is 2. The number of nitrogens with one attached hydrogen (secondary N) is 1. The van der Waals surface area contributed by atoms with Gasteiger partial charge in [-0.3, -0.25) is 9.59 Å². The van der Waals surface area contributed by atoms with Crippen LogP contribution in [0.3, 0.4) is 0 Å². The predicted octanol–water partition coefficient (Wildman–Crippen LogP) is 2.98. The molecule has 1 atom stereocenters. The van der Waals surface area contributed by atoms with E-state index in [1.54, 1.807) is 35.2 Å². The Balaban J connectivity index is 1.65. The van der Waals surface area contributed by atoms with Crippen LogP contribution in [0, 0.1) is 5.82 Å².